The third-order valence-corrected chi connectivity index (χ3v) is 4.71. The molecule has 6 nitrogen and oxygen atoms in total. The van der Waals surface area contributed by atoms with Gasteiger partial charge < -0.3 is 9.73 Å². The Balaban J connectivity index is 1.43. The van der Waals surface area contributed by atoms with Crippen molar-refractivity contribution in [2.45, 2.75) is 12.8 Å². The van der Waals surface area contributed by atoms with Crippen LogP contribution in [0.1, 0.15) is 12.0 Å². The number of aryl methyl sites for hydroxylation is 1. The van der Waals surface area contributed by atoms with Crippen LogP contribution in [0.2, 0.25) is 0 Å². The average molecular weight is 365 g/mol. The molecule has 0 saturated carbocycles. The number of amides is 1. The van der Waals surface area contributed by atoms with Crippen LogP contribution in [-0.2, 0) is 11.2 Å². The van der Waals surface area contributed by atoms with Crippen molar-refractivity contribution in [1.29, 1.82) is 0 Å². The van der Waals surface area contributed by atoms with Crippen molar-refractivity contribution < 1.29 is 9.21 Å². The molecule has 0 bridgehead atoms. The lowest BCUT2D eigenvalue weighted by molar-refractivity contribution is -0.116. The largest absolute Gasteiger partial charge is 0.417 e. The van der Waals surface area contributed by atoms with Gasteiger partial charge in [-0.1, -0.05) is 30.3 Å². The number of thiazole rings is 1. The molecule has 0 saturated heterocycles. The van der Waals surface area contributed by atoms with E-state index in [9.17, 15) is 9.59 Å². The molecule has 130 valence electrons. The molecule has 2 aromatic carbocycles. The average Bonchev–Trinajstić information content (AvgIpc) is 3.25. The van der Waals surface area contributed by atoms with Gasteiger partial charge in [0.1, 0.15) is 0 Å². The fourth-order valence-corrected chi connectivity index (χ4v) is 3.40. The van der Waals surface area contributed by atoms with Crippen molar-refractivity contribution in [3.63, 3.8) is 0 Å². The molecule has 7 heteroatoms. The van der Waals surface area contributed by atoms with Gasteiger partial charge in [-0.05, 0) is 30.2 Å². The Bertz CT molecular complexity index is 1110. The summed E-state index contributed by atoms with van der Waals surface area (Å²) < 4.78 is 4.99. The minimum atomic E-state index is -0.484. The van der Waals surface area contributed by atoms with E-state index in [1.54, 1.807) is 12.1 Å². The molecule has 0 aliphatic heterocycles. The van der Waals surface area contributed by atoms with Crippen LogP contribution in [0.4, 0.5) is 5.13 Å². The summed E-state index contributed by atoms with van der Waals surface area (Å²) in [5, 5.41) is 5.26. The molecular weight excluding hydrogens is 350 g/mol. The molecular formula is C19H15N3O3S. The van der Waals surface area contributed by atoms with Gasteiger partial charge in [0.25, 0.3) is 0 Å². The van der Waals surface area contributed by atoms with Crippen molar-refractivity contribution >= 4 is 33.5 Å². The maximum absolute atomic E-state index is 12.1. The van der Waals surface area contributed by atoms with E-state index in [2.05, 4.69) is 15.3 Å². The van der Waals surface area contributed by atoms with E-state index in [-0.39, 0.29) is 5.91 Å². The molecule has 0 aliphatic rings. The van der Waals surface area contributed by atoms with Gasteiger partial charge in [-0.2, -0.15) is 0 Å². The van der Waals surface area contributed by atoms with E-state index in [4.69, 9.17) is 4.42 Å². The number of aromatic nitrogens is 2. The molecule has 26 heavy (non-hydrogen) atoms. The van der Waals surface area contributed by atoms with Crippen LogP contribution in [0, 0.1) is 0 Å². The highest BCUT2D eigenvalue weighted by Crippen LogP contribution is 2.27. The summed E-state index contributed by atoms with van der Waals surface area (Å²) in [6.45, 7) is 0. The highest BCUT2D eigenvalue weighted by atomic mass is 32.1. The monoisotopic (exact) mass is 365 g/mol. The maximum Gasteiger partial charge on any atom is 0.417 e. The van der Waals surface area contributed by atoms with Gasteiger partial charge >= 0.3 is 5.76 Å². The number of H-pyrrole nitrogens is 1. The molecule has 2 heterocycles. The van der Waals surface area contributed by atoms with Crippen molar-refractivity contribution in [2.24, 2.45) is 0 Å². The summed E-state index contributed by atoms with van der Waals surface area (Å²) in [4.78, 5) is 30.4. The number of oxazole rings is 1. The van der Waals surface area contributed by atoms with E-state index in [0.29, 0.717) is 29.1 Å². The number of benzene rings is 2. The Kier molecular flexibility index (Phi) is 4.37. The zero-order valence-corrected chi connectivity index (χ0v) is 14.5. The summed E-state index contributed by atoms with van der Waals surface area (Å²) in [6.07, 6.45) is 1.09. The van der Waals surface area contributed by atoms with Gasteiger partial charge in [-0.25, -0.2) is 9.78 Å². The normalized spacial score (nSPS) is 10.9. The number of fused-ring (bicyclic) bond motifs is 1. The first-order valence-electron chi connectivity index (χ1n) is 8.10. The highest BCUT2D eigenvalue weighted by molar-refractivity contribution is 7.14. The Hall–Kier alpha value is -3.19. The van der Waals surface area contributed by atoms with Gasteiger partial charge in [0, 0.05) is 17.4 Å². The molecule has 0 spiro atoms. The summed E-state index contributed by atoms with van der Waals surface area (Å²) in [5.41, 5.74) is 3.83. The van der Waals surface area contributed by atoms with E-state index < -0.39 is 5.76 Å². The highest BCUT2D eigenvalue weighted by Gasteiger charge is 2.10. The fourth-order valence-electron chi connectivity index (χ4n) is 2.66. The molecule has 0 unspecified atom stereocenters. The summed E-state index contributed by atoms with van der Waals surface area (Å²) >= 11 is 1.37. The molecule has 2 aromatic heterocycles. The lowest BCUT2D eigenvalue weighted by atomic mass is 10.1. The predicted molar refractivity (Wildman–Crippen MR) is 101 cm³/mol. The smallest absolute Gasteiger partial charge is 0.408 e. The van der Waals surface area contributed by atoms with Crippen LogP contribution in [0.3, 0.4) is 0 Å². The van der Waals surface area contributed by atoms with E-state index in [0.717, 1.165) is 16.8 Å². The molecule has 0 radical (unpaired) electrons. The van der Waals surface area contributed by atoms with Gasteiger partial charge in [0.05, 0.1) is 11.2 Å². The summed E-state index contributed by atoms with van der Waals surface area (Å²) in [5.74, 6) is -0.550. The Morgan fingerprint density at radius 3 is 2.88 bits per heavy atom. The topological polar surface area (TPSA) is 88.0 Å². The number of rotatable bonds is 5. The number of carbonyl (C=O) groups excluding carboxylic acids is 1. The molecule has 4 rings (SSSR count). The number of hydrogen-bond acceptors (Lipinski definition) is 5. The number of aromatic amines is 1. The van der Waals surface area contributed by atoms with Gasteiger partial charge in [0.15, 0.2) is 10.7 Å². The minimum absolute atomic E-state index is 0.0654. The third kappa shape index (κ3) is 3.57. The Labute approximate surface area is 152 Å². The lowest BCUT2D eigenvalue weighted by Gasteiger charge is -2.02. The second-order valence-corrected chi connectivity index (χ2v) is 6.66. The summed E-state index contributed by atoms with van der Waals surface area (Å²) in [6, 6.07) is 15.2. The van der Waals surface area contributed by atoms with Gasteiger partial charge in [-0.3, -0.25) is 9.78 Å². The molecule has 2 N–H and O–H groups in total. The first-order valence-corrected chi connectivity index (χ1v) is 8.98. The number of anilines is 1. The lowest BCUT2D eigenvalue weighted by Crippen LogP contribution is -2.12. The van der Waals surface area contributed by atoms with E-state index in [1.165, 1.54) is 11.3 Å². The van der Waals surface area contributed by atoms with E-state index >= 15 is 0 Å². The predicted octanol–water partition coefficient (Wildman–Crippen LogP) is 3.82. The number of carbonyl (C=O) groups is 1. The second kappa shape index (κ2) is 6.97. The van der Waals surface area contributed by atoms with Crippen molar-refractivity contribution in [3.8, 4) is 11.3 Å². The quantitative estimate of drug-likeness (QED) is 0.563. The van der Waals surface area contributed by atoms with Gasteiger partial charge in [0.2, 0.25) is 5.91 Å². The van der Waals surface area contributed by atoms with Crippen LogP contribution in [-0.4, -0.2) is 15.9 Å². The Morgan fingerprint density at radius 2 is 2.04 bits per heavy atom. The minimum Gasteiger partial charge on any atom is -0.408 e. The Morgan fingerprint density at radius 1 is 1.19 bits per heavy atom. The zero-order chi connectivity index (χ0) is 17.9. The van der Waals surface area contributed by atoms with Crippen LogP contribution >= 0.6 is 11.3 Å². The maximum atomic E-state index is 12.1. The molecule has 1 amide bonds. The van der Waals surface area contributed by atoms with Gasteiger partial charge in [-0.15, -0.1) is 11.3 Å². The first kappa shape index (κ1) is 16.3. The van der Waals surface area contributed by atoms with Crippen molar-refractivity contribution in [3.05, 3.63) is 70.0 Å². The molecule has 0 atom stereocenters. The van der Waals surface area contributed by atoms with Crippen molar-refractivity contribution in [2.75, 3.05) is 5.32 Å². The molecule has 4 aromatic rings. The van der Waals surface area contributed by atoms with Crippen LogP contribution in [0.5, 0.6) is 0 Å². The number of hydrogen-bond donors (Lipinski definition) is 2. The van der Waals surface area contributed by atoms with Crippen LogP contribution < -0.4 is 11.1 Å². The SMILES string of the molecule is O=C(CCc1ccccc1)Nc1nc(-c2ccc3oc(=O)[nH]c3c2)cs1. The summed E-state index contributed by atoms with van der Waals surface area (Å²) in [7, 11) is 0. The fraction of sp³-hybridized carbons (Fsp3) is 0.105. The van der Waals surface area contributed by atoms with Crippen molar-refractivity contribution in [1.82, 2.24) is 9.97 Å². The van der Waals surface area contributed by atoms with Crippen LogP contribution in [0.15, 0.2) is 63.1 Å². The molecule has 0 fully saturated rings. The first-order chi connectivity index (χ1) is 12.7. The number of nitrogens with one attached hydrogen (secondary N) is 2. The third-order valence-electron chi connectivity index (χ3n) is 3.95. The standard InChI is InChI=1S/C19H15N3O3S/c23-17(9-6-12-4-2-1-3-5-12)22-18-20-15(11-26-18)13-7-8-16-14(10-13)21-19(24)25-16/h1-5,7-8,10-11H,6,9H2,(H,21,24)(H,20,22,23). The molecule has 0 aliphatic carbocycles. The zero-order valence-electron chi connectivity index (χ0n) is 13.7. The second-order valence-electron chi connectivity index (χ2n) is 5.80. The van der Waals surface area contributed by atoms with Crippen LogP contribution in [0.25, 0.3) is 22.4 Å². The number of nitrogens with zero attached hydrogens (tertiary/aromatic N) is 1. The van der Waals surface area contributed by atoms with E-state index in [1.807, 2.05) is 41.8 Å².